The van der Waals surface area contributed by atoms with Gasteiger partial charge in [-0.25, -0.2) is 0 Å². The largest absolute Gasteiger partial charge is 0.390 e. The van der Waals surface area contributed by atoms with E-state index >= 15 is 0 Å². The van der Waals surface area contributed by atoms with Gasteiger partial charge in [0.15, 0.2) is 0 Å². The summed E-state index contributed by atoms with van der Waals surface area (Å²) in [6.45, 7) is 1.08. The summed E-state index contributed by atoms with van der Waals surface area (Å²) in [6, 6.07) is 9.75. The van der Waals surface area contributed by atoms with Gasteiger partial charge in [-0.15, -0.1) is 11.6 Å². The van der Waals surface area contributed by atoms with Gasteiger partial charge < -0.3 is 4.74 Å². The minimum absolute atomic E-state index is 0.371. The summed E-state index contributed by atoms with van der Waals surface area (Å²) in [5.41, 5.74) is 1.09. The van der Waals surface area contributed by atoms with E-state index in [9.17, 15) is 13.2 Å². The Hall–Kier alpha value is -0.740. The van der Waals surface area contributed by atoms with Crippen LogP contribution in [0.3, 0.4) is 0 Å². The van der Waals surface area contributed by atoms with Crippen LogP contribution in [0, 0.1) is 0 Å². The highest BCUT2D eigenvalue weighted by molar-refractivity contribution is 6.20. The van der Waals surface area contributed by atoms with E-state index in [1.54, 1.807) is 0 Å². The molecule has 1 aromatic carbocycles. The fourth-order valence-corrected chi connectivity index (χ4v) is 2.02. The first-order valence-corrected chi connectivity index (χ1v) is 6.73. The van der Waals surface area contributed by atoms with Crippen LogP contribution < -0.4 is 0 Å². The Labute approximate surface area is 116 Å². The third-order valence-electron chi connectivity index (χ3n) is 2.62. The summed E-state index contributed by atoms with van der Waals surface area (Å²) in [5.74, 6) is 0. The number of hydrogen-bond acceptors (Lipinski definition) is 1. The van der Waals surface area contributed by atoms with Crippen LogP contribution in [0.1, 0.15) is 31.2 Å². The second-order valence-electron chi connectivity index (χ2n) is 4.45. The van der Waals surface area contributed by atoms with Gasteiger partial charge in [-0.3, -0.25) is 0 Å². The van der Waals surface area contributed by atoms with Crippen molar-refractivity contribution in [2.75, 3.05) is 6.61 Å². The molecule has 19 heavy (non-hydrogen) atoms. The SMILES string of the molecule is FC(F)(F)CC(Cl)CCCCOCc1ccccc1. The van der Waals surface area contributed by atoms with Crippen molar-refractivity contribution in [2.45, 2.75) is 43.8 Å². The summed E-state index contributed by atoms with van der Waals surface area (Å²) in [5, 5.41) is -0.825. The first-order valence-electron chi connectivity index (χ1n) is 6.30. The average molecular weight is 295 g/mol. The van der Waals surface area contributed by atoms with Crippen molar-refractivity contribution >= 4 is 11.6 Å². The molecule has 0 spiro atoms. The third-order valence-corrected chi connectivity index (χ3v) is 2.99. The molecule has 0 amide bonds. The maximum atomic E-state index is 12.0. The molecule has 1 unspecified atom stereocenters. The number of ether oxygens (including phenoxy) is 1. The zero-order valence-corrected chi connectivity index (χ0v) is 11.4. The Morgan fingerprint density at radius 3 is 2.42 bits per heavy atom. The zero-order chi connectivity index (χ0) is 14.1. The first kappa shape index (κ1) is 16.3. The molecular formula is C14H18ClF3O. The summed E-state index contributed by atoms with van der Waals surface area (Å²) in [6.07, 6.45) is -3.33. The molecule has 1 aromatic rings. The predicted molar refractivity (Wildman–Crippen MR) is 70.3 cm³/mol. The van der Waals surface area contributed by atoms with Crippen LogP contribution in [0.4, 0.5) is 13.2 Å². The molecule has 0 bridgehead atoms. The van der Waals surface area contributed by atoms with Crippen LogP contribution in [-0.2, 0) is 11.3 Å². The zero-order valence-electron chi connectivity index (χ0n) is 10.6. The molecule has 0 N–H and O–H groups in total. The van der Waals surface area contributed by atoms with E-state index in [4.69, 9.17) is 16.3 Å². The molecule has 0 fully saturated rings. The lowest BCUT2D eigenvalue weighted by molar-refractivity contribution is -0.134. The van der Waals surface area contributed by atoms with E-state index in [0.717, 1.165) is 12.0 Å². The minimum Gasteiger partial charge on any atom is -0.377 e. The highest BCUT2D eigenvalue weighted by Crippen LogP contribution is 2.26. The predicted octanol–water partition coefficient (Wildman–Crippen LogP) is 4.93. The van der Waals surface area contributed by atoms with Crippen molar-refractivity contribution in [3.05, 3.63) is 35.9 Å². The smallest absolute Gasteiger partial charge is 0.377 e. The molecule has 1 rings (SSSR count). The fourth-order valence-electron chi connectivity index (χ4n) is 1.69. The van der Waals surface area contributed by atoms with Crippen LogP contribution >= 0.6 is 11.6 Å². The number of benzene rings is 1. The van der Waals surface area contributed by atoms with Crippen LogP contribution in [0.15, 0.2) is 30.3 Å². The van der Waals surface area contributed by atoms with Gasteiger partial charge in [-0.2, -0.15) is 13.2 Å². The fraction of sp³-hybridized carbons (Fsp3) is 0.571. The summed E-state index contributed by atoms with van der Waals surface area (Å²) >= 11 is 5.61. The third kappa shape index (κ3) is 8.89. The lowest BCUT2D eigenvalue weighted by atomic mass is 10.1. The van der Waals surface area contributed by atoms with Crippen molar-refractivity contribution in [3.8, 4) is 0 Å². The molecule has 0 aliphatic heterocycles. The van der Waals surface area contributed by atoms with Crippen LogP contribution in [-0.4, -0.2) is 18.2 Å². The molecule has 0 aliphatic rings. The Bertz CT molecular complexity index is 340. The minimum atomic E-state index is -4.17. The summed E-state index contributed by atoms with van der Waals surface area (Å²) in [7, 11) is 0. The molecule has 1 atom stereocenters. The van der Waals surface area contributed by atoms with Gasteiger partial charge >= 0.3 is 6.18 Å². The molecular weight excluding hydrogens is 277 g/mol. The molecule has 0 aromatic heterocycles. The molecule has 0 radical (unpaired) electrons. The van der Waals surface area contributed by atoms with Crippen molar-refractivity contribution in [1.29, 1.82) is 0 Å². The number of alkyl halides is 4. The van der Waals surface area contributed by atoms with E-state index in [-0.39, 0.29) is 0 Å². The number of halogens is 4. The van der Waals surface area contributed by atoms with E-state index in [1.807, 2.05) is 30.3 Å². The Morgan fingerprint density at radius 2 is 1.79 bits per heavy atom. The van der Waals surface area contributed by atoms with Crippen LogP contribution in [0.5, 0.6) is 0 Å². The Balaban J connectivity index is 2.00. The van der Waals surface area contributed by atoms with Gasteiger partial charge in [-0.1, -0.05) is 30.3 Å². The number of rotatable bonds is 8. The van der Waals surface area contributed by atoms with E-state index in [0.29, 0.717) is 26.1 Å². The lowest BCUT2D eigenvalue weighted by Gasteiger charge is -2.11. The van der Waals surface area contributed by atoms with Crippen molar-refractivity contribution < 1.29 is 17.9 Å². The second-order valence-corrected chi connectivity index (χ2v) is 5.07. The second kappa shape index (κ2) is 8.43. The molecule has 0 saturated heterocycles. The van der Waals surface area contributed by atoms with E-state index < -0.39 is 18.0 Å². The number of unbranched alkanes of at least 4 members (excludes halogenated alkanes) is 1. The summed E-state index contributed by atoms with van der Waals surface area (Å²) in [4.78, 5) is 0. The van der Waals surface area contributed by atoms with Gasteiger partial charge in [0.25, 0.3) is 0 Å². The topological polar surface area (TPSA) is 9.23 Å². The van der Waals surface area contributed by atoms with Crippen molar-refractivity contribution in [3.63, 3.8) is 0 Å². The lowest BCUT2D eigenvalue weighted by Crippen LogP contribution is -2.15. The van der Waals surface area contributed by atoms with Gasteiger partial charge in [0, 0.05) is 12.0 Å². The molecule has 1 nitrogen and oxygen atoms in total. The molecule has 108 valence electrons. The molecule has 0 aliphatic carbocycles. The van der Waals surface area contributed by atoms with Gasteiger partial charge in [0.1, 0.15) is 0 Å². The Kier molecular flexibility index (Phi) is 7.24. The molecule has 0 heterocycles. The highest BCUT2D eigenvalue weighted by Gasteiger charge is 2.30. The maximum absolute atomic E-state index is 12.0. The molecule has 0 saturated carbocycles. The van der Waals surface area contributed by atoms with Crippen LogP contribution in [0.2, 0.25) is 0 Å². The normalized spacial score (nSPS) is 13.5. The van der Waals surface area contributed by atoms with Crippen molar-refractivity contribution in [1.82, 2.24) is 0 Å². The van der Waals surface area contributed by atoms with Gasteiger partial charge in [-0.05, 0) is 24.8 Å². The first-order chi connectivity index (χ1) is 8.97. The van der Waals surface area contributed by atoms with Gasteiger partial charge in [0.2, 0.25) is 0 Å². The maximum Gasteiger partial charge on any atom is 0.390 e. The molecule has 5 heteroatoms. The summed E-state index contributed by atoms with van der Waals surface area (Å²) < 4.78 is 41.5. The monoisotopic (exact) mass is 294 g/mol. The van der Waals surface area contributed by atoms with Crippen molar-refractivity contribution in [2.24, 2.45) is 0 Å². The highest BCUT2D eigenvalue weighted by atomic mass is 35.5. The van der Waals surface area contributed by atoms with E-state index in [2.05, 4.69) is 0 Å². The van der Waals surface area contributed by atoms with Crippen LogP contribution in [0.25, 0.3) is 0 Å². The standard InChI is InChI=1S/C14H18ClF3O/c15-13(10-14(16,17)18)8-4-5-9-19-11-12-6-2-1-3-7-12/h1-3,6-7,13H,4-5,8-11H2. The van der Waals surface area contributed by atoms with E-state index in [1.165, 1.54) is 0 Å². The quantitative estimate of drug-likeness (QED) is 0.488. The average Bonchev–Trinajstić information content (AvgIpc) is 2.32. The van der Waals surface area contributed by atoms with Gasteiger partial charge in [0.05, 0.1) is 13.0 Å². The Morgan fingerprint density at radius 1 is 1.11 bits per heavy atom. The number of hydrogen-bond donors (Lipinski definition) is 0.